The Bertz CT molecular complexity index is 462. The molecule has 0 saturated heterocycles. The zero-order valence-electron chi connectivity index (χ0n) is 8.33. The van der Waals surface area contributed by atoms with Crippen LogP contribution in [-0.2, 0) is 6.42 Å². The molecule has 3 heteroatoms. The fourth-order valence-corrected chi connectivity index (χ4v) is 2.64. The van der Waals surface area contributed by atoms with Crippen LogP contribution in [0.3, 0.4) is 0 Å². The number of nitrogen functional groups attached to an aromatic ring is 1. The average molecular weight is 207 g/mol. The molecule has 0 bridgehead atoms. The quantitative estimate of drug-likeness (QED) is 0.768. The maximum Gasteiger partial charge on any atom is 0.142 e. The molecule has 0 radical (unpaired) electrons. The second kappa shape index (κ2) is 3.50. The summed E-state index contributed by atoms with van der Waals surface area (Å²) in [4.78, 5) is 0. The summed E-state index contributed by atoms with van der Waals surface area (Å²) in [6, 6.07) is 4.09. The summed E-state index contributed by atoms with van der Waals surface area (Å²) in [5, 5.41) is 3.19. The highest BCUT2D eigenvalue weighted by molar-refractivity contribution is 7.17. The van der Waals surface area contributed by atoms with Gasteiger partial charge < -0.3 is 10.5 Å². The molecule has 0 aliphatic rings. The van der Waals surface area contributed by atoms with Crippen molar-refractivity contribution in [3.05, 3.63) is 23.1 Å². The van der Waals surface area contributed by atoms with Crippen LogP contribution in [0.15, 0.2) is 17.5 Å². The van der Waals surface area contributed by atoms with E-state index in [0.717, 1.165) is 23.2 Å². The van der Waals surface area contributed by atoms with Gasteiger partial charge in [0, 0.05) is 10.1 Å². The second-order valence-electron chi connectivity index (χ2n) is 3.17. The van der Waals surface area contributed by atoms with Crippen LogP contribution in [0.1, 0.15) is 12.5 Å². The Morgan fingerprint density at radius 3 is 2.93 bits per heavy atom. The zero-order chi connectivity index (χ0) is 10.1. The molecule has 0 fully saturated rings. The highest BCUT2D eigenvalue weighted by atomic mass is 32.1. The van der Waals surface area contributed by atoms with Crippen molar-refractivity contribution in [3.8, 4) is 5.75 Å². The number of benzene rings is 1. The van der Waals surface area contributed by atoms with E-state index in [4.69, 9.17) is 10.5 Å². The molecule has 1 heterocycles. The molecule has 14 heavy (non-hydrogen) atoms. The summed E-state index contributed by atoms with van der Waals surface area (Å²) in [7, 11) is 1.66. The topological polar surface area (TPSA) is 35.2 Å². The van der Waals surface area contributed by atoms with Crippen molar-refractivity contribution in [1.29, 1.82) is 0 Å². The largest absolute Gasteiger partial charge is 0.495 e. The lowest BCUT2D eigenvalue weighted by Crippen LogP contribution is -1.94. The Morgan fingerprint density at radius 2 is 2.29 bits per heavy atom. The molecule has 1 aromatic heterocycles. The van der Waals surface area contributed by atoms with Crippen molar-refractivity contribution in [2.75, 3.05) is 12.8 Å². The molecule has 0 aliphatic heterocycles. The van der Waals surface area contributed by atoms with Gasteiger partial charge in [0.05, 0.1) is 12.8 Å². The third kappa shape index (κ3) is 1.24. The van der Waals surface area contributed by atoms with Crippen LogP contribution in [0.5, 0.6) is 5.75 Å². The predicted molar refractivity (Wildman–Crippen MR) is 62.2 cm³/mol. The first-order chi connectivity index (χ1) is 6.77. The molecule has 2 N–H and O–H groups in total. The Kier molecular flexibility index (Phi) is 2.33. The van der Waals surface area contributed by atoms with Gasteiger partial charge in [0.1, 0.15) is 5.75 Å². The minimum absolute atomic E-state index is 0.751. The number of anilines is 1. The van der Waals surface area contributed by atoms with E-state index in [1.807, 2.05) is 6.07 Å². The number of ether oxygens (including phenoxy) is 1. The third-order valence-corrected chi connectivity index (χ3v) is 3.41. The Hall–Kier alpha value is -1.22. The summed E-state index contributed by atoms with van der Waals surface area (Å²) in [5.74, 6) is 0.785. The van der Waals surface area contributed by atoms with Gasteiger partial charge >= 0.3 is 0 Å². The van der Waals surface area contributed by atoms with Gasteiger partial charge in [-0.15, -0.1) is 11.3 Å². The van der Waals surface area contributed by atoms with Crippen molar-refractivity contribution in [2.24, 2.45) is 0 Å². The van der Waals surface area contributed by atoms with Crippen LogP contribution in [0.25, 0.3) is 10.1 Å². The molecule has 2 nitrogen and oxygen atoms in total. The smallest absolute Gasteiger partial charge is 0.142 e. The molecular weight excluding hydrogens is 194 g/mol. The molecule has 0 atom stereocenters. The molecule has 1 aromatic carbocycles. The molecule has 0 spiro atoms. The summed E-state index contributed by atoms with van der Waals surface area (Å²) in [6.07, 6.45) is 1.01. The van der Waals surface area contributed by atoms with Crippen molar-refractivity contribution in [2.45, 2.75) is 13.3 Å². The molecule has 0 saturated carbocycles. The standard InChI is InChI=1S/C11H13NOS/c1-3-7-6-9(13-2)10(12)8-4-5-14-11(7)8/h4-6H,3,12H2,1-2H3. The van der Waals surface area contributed by atoms with Crippen LogP contribution >= 0.6 is 11.3 Å². The van der Waals surface area contributed by atoms with Gasteiger partial charge in [-0.05, 0) is 29.5 Å². The van der Waals surface area contributed by atoms with Crippen LogP contribution in [0, 0.1) is 0 Å². The predicted octanol–water partition coefficient (Wildman–Crippen LogP) is 3.05. The van der Waals surface area contributed by atoms with Gasteiger partial charge in [0.25, 0.3) is 0 Å². The monoisotopic (exact) mass is 207 g/mol. The number of thiophene rings is 1. The number of rotatable bonds is 2. The first-order valence-electron chi connectivity index (χ1n) is 4.60. The van der Waals surface area contributed by atoms with E-state index >= 15 is 0 Å². The van der Waals surface area contributed by atoms with E-state index in [9.17, 15) is 0 Å². The van der Waals surface area contributed by atoms with Crippen LogP contribution in [-0.4, -0.2) is 7.11 Å². The minimum Gasteiger partial charge on any atom is -0.495 e. The van der Waals surface area contributed by atoms with Crippen LogP contribution < -0.4 is 10.5 Å². The van der Waals surface area contributed by atoms with Crippen LogP contribution in [0.2, 0.25) is 0 Å². The maximum absolute atomic E-state index is 5.98. The first-order valence-corrected chi connectivity index (χ1v) is 5.48. The number of hydrogen-bond acceptors (Lipinski definition) is 3. The molecule has 2 aromatic rings. The Balaban J connectivity index is 2.80. The number of nitrogens with two attached hydrogens (primary N) is 1. The number of fused-ring (bicyclic) bond motifs is 1. The molecular formula is C11H13NOS. The van der Waals surface area contributed by atoms with E-state index in [0.29, 0.717) is 0 Å². The molecule has 74 valence electrons. The van der Waals surface area contributed by atoms with Crippen molar-refractivity contribution < 1.29 is 4.74 Å². The van der Waals surface area contributed by atoms with E-state index in [-0.39, 0.29) is 0 Å². The lowest BCUT2D eigenvalue weighted by Gasteiger charge is -2.08. The van der Waals surface area contributed by atoms with Gasteiger partial charge in [0.2, 0.25) is 0 Å². The van der Waals surface area contributed by atoms with Crippen molar-refractivity contribution >= 4 is 27.1 Å². The third-order valence-electron chi connectivity index (χ3n) is 2.42. The van der Waals surface area contributed by atoms with Gasteiger partial charge in [-0.3, -0.25) is 0 Å². The van der Waals surface area contributed by atoms with Gasteiger partial charge in [0.15, 0.2) is 0 Å². The van der Waals surface area contributed by atoms with Crippen LogP contribution in [0.4, 0.5) is 5.69 Å². The Labute approximate surface area is 87.3 Å². The normalized spacial score (nSPS) is 10.7. The zero-order valence-corrected chi connectivity index (χ0v) is 9.15. The van der Waals surface area contributed by atoms with Crippen molar-refractivity contribution in [1.82, 2.24) is 0 Å². The summed E-state index contributed by atoms with van der Waals surface area (Å²) >= 11 is 1.74. The highest BCUT2D eigenvalue weighted by Crippen LogP contribution is 2.36. The summed E-state index contributed by atoms with van der Waals surface area (Å²) in [5.41, 5.74) is 8.04. The first kappa shape index (κ1) is 9.34. The fourth-order valence-electron chi connectivity index (χ4n) is 1.64. The Morgan fingerprint density at radius 1 is 1.50 bits per heavy atom. The summed E-state index contributed by atoms with van der Waals surface area (Å²) in [6.45, 7) is 2.14. The van der Waals surface area contributed by atoms with Gasteiger partial charge in [-0.2, -0.15) is 0 Å². The summed E-state index contributed by atoms with van der Waals surface area (Å²) < 4.78 is 6.53. The van der Waals surface area contributed by atoms with Gasteiger partial charge in [-0.1, -0.05) is 6.92 Å². The van der Waals surface area contributed by atoms with Gasteiger partial charge in [-0.25, -0.2) is 0 Å². The lowest BCUT2D eigenvalue weighted by atomic mass is 10.1. The maximum atomic E-state index is 5.98. The van der Waals surface area contributed by atoms with E-state index in [1.165, 1.54) is 10.3 Å². The number of methoxy groups -OCH3 is 1. The molecule has 0 amide bonds. The van der Waals surface area contributed by atoms with E-state index in [2.05, 4.69) is 18.4 Å². The average Bonchev–Trinajstić information content (AvgIpc) is 2.68. The number of hydrogen-bond donors (Lipinski definition) is 1. The lowest BCUT2D eigenvalue weighted by molar-refractivity contribution is 0.417. The second-order valence-corrected chi connectivity index (χ2v) is 4.08. The molecule has 2 rings (SSSR count). The fraction of sp³-hybridized carbons (Fsp3) is 0.273. The highest BCUT2D eigenvalue weighted by Gasteiger charge is 2.09. The molecule has 0 aliphatic carbocycles. The SMILES string of the molecule is CCc1cc(OC)c(N)c2ccsc12. The number of aryl methyl sites for hydroxylation is 1. The molecule has 0 unspecified atom stereocenters. The van der Waals surface area contributed by atoms with E-state index < -0.39 is 0 Å². The minimum atomic E-state index is 0.751. The van der Waals surface area contributed by atoms with E-state index in [1.54, 1.807) is 18.4 Å². The van der Waals surface area contributed by atoms with Crippen molar-refractivity contribution in [3.63, 3.8) is 0 Å².